The van der Waals surface area contributed by atoms with Crippen molar-refractivity contribution in [2.24, 2.45) is 0 Å². The van der Waals surface area contributed by atoms with Crippen LogP contribution < -0.4 is 5.32 Å². The van der Waals surface area contributed by atoms with Gasteiger partial charge in [-0.1, -0.05) is 12.1 Å². The Morgan fingerprint density at radius 2 is 1.79 bits per heavy atom. The summed E-state index contributed by atoms with van der Waals surface area (Å²) in [6.45, 7) is 5.59. The maximum Gasteiger partial charge on any atom is 0.123 e. The SMILES string of the molecule is Fc1ccc(CN2CC[NH2+]CC2)cc1. The Morgan fingerprint density at radius 1 is 1.14 bits per heavy atom. The van der Waals surface area contributed by atoms with E-state index in [-0.39, 0.29) is 5.82 Å². The lowest BCUT2D eigenvalue weighted by Gasteiger charge is -2.24. The van der Waals surface area contributed by atoms with Gasteiger partial charge in [-0.05, 0) is 17.7 Å². The standard InChI is InChI=1S/C11H15FN2/c12-11-3-1-10(2-4-11)9-14-7-5-13-6-8-14/h1-4,13H,5-9H2/p+1. The second kappa shape index (κ2) is 4.53. The maximum absolute atomic E-state index is 12.6. The first-order valence-corrected chi connectivity index (χ1v) is 5.13. The number of nitrogens with two attached hydrogens (primary N) is 1. The molecule has 0 atom stereocenters. The molecular formula is C11H16FN2+. The first-order valence-electron chi connectivity index (χ1n) is 5.13. The van der Waals surface area contributed by atoms with Crippen molar-refractivity contribution < 1.29 is 9.71 Å². The molecule has 1 heterocycles. The highest BCUT2D eigenvalue weighted by atomic mass is 19.1. The molecule has 0 aromatic heterocycles. The minimum atomic E-state index is -0.152. The van der Waals surface area contributed by atoms with Crippen molar-refractivity contribution in [1.29, 1.82) is 0 Å². The van der Waals surface area contributed by atoms with Crippen LogP contribution in [0.1, 0.15) is 5.56 Å². The minimum Gasteiger partial charge on any atom is -0.344 e. The largest absolute Gasteiger partial charge is 0.344 e. The van der Waals surface area contributed by atoms with Crippen molar-refractivity contribution in [3.8, 4) is 0 Å². The van der Waals surface area contributed by atoms with Gasteiger partial charge in [-0.25, -0.2) is 4.39 Å². The fourth-order valence-electron chi connectivity index (χ4n) is 1.81. The molecule has 0 saturated carbocycles. The lowest BCUT2D eigenvalue weighted by molar-refractivity contribution is -0.663. The van der Waals surface area contributed by atoms with E-state index in [1.807, 2.05) is 12.1 Å². The van der Waals surface area contributed by atoms with Crippen molar-refractivity contribution in [3.05, 3.63) is 35.6 Å². The van der Waals surface area contributed by atoms with Gasteiger partial charge in [0.05, 0.1) is 13.1 Å². The Kier molecular flexibility index (Phi) is 3.11. The summed E-state index contributed by atoms with van der Waals surface area (Å²) < 4.78 is 12.6. The molecule has 0 amide bonds. The van der Waals surface area contributed by atoms with Gasteiger partial charge in [0.2, 0.25) is 0 Å². The zero-order valence-corrected chi connectivity index (χ0v) is 8.25. The normalized spacial score (nSPS) is 18.4. The van der Waals surface area contributed by atoms with Crippen LogP contribution in [0.3, 0.4) is 0 Å². The minimum absolute atomic E-state index is 0.152. The Morgan fingerprint density at radius 3 is 2.43 bits per heavy atom. The topological polar surface area (TPSA) is 19.9 Å². The lowest BCUT2D eigenvalue weighted by Crippen LogP contribution is -2.89. The molecule has 0 radical (unpaired) electrons. The van der Waals surface area contributed by atoms with E-state index in [0.29, 0.717) is 0 Å². The Balaban J connectivity index is 1.92. The third-order valence-corrected chi connectivity index (χ3v) is 2.62. The van der Waals surface area contributed by atoms with Gasteiger partial charge in [-0.15, -0.1) is 0 Å². The molecule has 1 aromatic rings. The van der Waals surface area contributed by atoms with Crippen molar-refractivity contribution in [3.63, 3.8) is 0 Å². The van der Waals surface area contributed by atoms with Crippen LogP contribution in [-0.2, 0) is 6.54 Å². The number of piperazine rings is 1. The number of rotatable bonds is 2. The number of hydrogen-bond acceptors (Lipinski definition) is 1. The summed E-state index contributed by atoms with van der Waals surface area (Å²) in [7, 11) is 0. The smallest absolute Gasteiger partial charge is 0.123 e. The summed E-state index contributed by atoms with van der Waals surface area (Å²) in [5.41, 5.74) is 1.20. The average Bonchev–Trinajstić information content (AvgIpc) is 2.23. The molecule has 0 bridgehead atoms. The summed E-state index contributed by atoms with van der Waals surface area (Å²) in [5, 5.41) is 2.33. The fraction of sp³-hybridized carbons (Fsp3) is 0.455. The first-order chi connectivity index (χ1) is 6.84. The highest BCUT2D eigenvalue weighted by Crippen LogP contribution is 2.06. The molecule has 1 saturated heterocycles. The zero-order chi connectivity index (χ0) is 9.80. The molecular weight excluding hydrogens is 179 g/mol. The molecule has 1 aliphatic heterocycles. The molecule has 76 valence electrons. The van der Waals surface area contributed by atoms with Crippen LogP contribution in [0, 0.1) is 5.82 Å². The number of halogens is 1. The molecule has 1 fully saturated rings. The molecule has 2 rings (SSSR count). The second-order valence-electron chi connectivity index (χ2n) is 3.77. The fourth-order valence-corrected chi connectivity index (χ4v) is 1.81. The van der Waals surface area contributed by atoms with Crippen LogP contribution >= 0.6 is 0 Å². The lowest BCUT2D eigenvalue weighted by atomic mass is 10.2. The zero-order valence-electron chi connectivity index (χ0n) is 8.25. The van der Waals surface area contributed by atoms with E-state index in [9.17, 15) is 4.39 Å². The summed E-state index contributed by atoms with van der Waals surface area (Å²) in [6, 6.07) is 6.80. The summed E-state index contributed by atoms with van der Waals surface area (Å²) in [5.74, 6) is -0.152. The van der Waals surface area contributed by atoms with Crippen LogP contribution in [0.2, 0.25) is 0 Å². The van der Waals surface area contributed by atoms with Gasteiger partial charge in [0.15, 0.2) is 0 Å². The highest BCUT2D eigenvalue weighted by molar-refractivity contribution is 5.15. The van der Waals surface area contributed by atoms with Crippen LogP contribution in [0.5, 0.6) is 0 Å². The Labute approximate surface area is 83.7 Å². The van der Waals surface area contributed by atoms with Crippen molar-refractivity contribution in [2.45, 2.75) is 6.54 Å². The summed E-state index contributed by atoms with van der Waals surface area (Å²) in [6.07, 6.45) is 0. The van der Waals surface area contributed by atoms with E-state index in [1.54, 1.807) is 0 Å². The third-order valence-electron chi connectivity index (χ3n) is 2.62. The summed E-state index contributed by atoms with van der Waals surface area (Å²) >= 11 is 0. The van der Waals surface area contributed by atoms with Gasteiger partial charge in [-0.2, -0.15) is 0 Å². The van der Waals surface area contributed by atoms with Gasteiger partial charge in [-0.3, -0.25) is 4.90 Å². The number of nitrogens with zero attached hydrogens (tertiary/aromatic N) is 1. The van der Waals surface area contributed by atoms with E-state index in [4.69, 9.17) is 0 Å². The number of quaternary nitrogens is 1. The van der Waals surface area contributed by atoms with Crippen LogP contribution in [0.4, 0.5) is 4.39 Å². The van der Waals surface area contributed by atoms with Crippen LogP contribution in [0.25, 0.3) is 0 Å². The predicted molar refractivity (Wildman–Crippen MR) is 53.3 cm³/mol. The van der Waals surface area contributed by atoms with E-state index in [2.05, 4.69) is 10.2 Å². The van der Waals surface area contributed by atoms with E-state index in [1.165, 1.54) is 30.8 Å². The van der Waals surface area contributed by atoms with Gasteiger partial charge < -0.3 is 5.32 Å². The van der Waals surface area contributed by atoms with Gasteiger partial charge in [0.1, 0.15) is 5.82 Å². The monoisotopic (exact) mass is 195 g/mol. The average molecular weight is 195 g/mol. The maximum atomic E-state index is 12.6. The number of benzene rings is 1. The molecule has 3 heteroatoms. The quantitative estimate of drug-likeness (QED) is 0.715. The van der Waals surface area contributed by atoms with Gasteiger partial charge in [0.25, 0.3) is 0 Å². The predicted octanol–water partition coefficient (Wildman–Crippen LogP) is 0.205. The van der Waals surface area contributed by atoms with E-state index in [0.717, 1.165) is 19.6 Å². The number of hydrogen-bond donors (Lipinski definition) is 1. The van der Waals surface area contributed by atoms with Gasteiger partial charge in [0, 0.05) is 19.6 Å². The second-order valence-corrected chi connectivity index (χ2v) is 3.77. The van der Waals surface area contributed by atoms with Crippen molar-refractivity contribution in [1.82, 2.24) is 4.90 Å². The highest BCUT2D eigenvalue weighted by Gasteiger charge is 2.11. The van der Waals surface area contributed by atoms with E-state index < -0.39 is 0 Å². The molecule has 2 nitrogen and oxygen atoms in total. The van der Waals surface area contributed by atoms with Crippen LogP contribution in [-0.4, -0.2) is 31.1 Å². The Bertz CT molecular complexity index is 278. The molecule has 0 unspecified atom stereocenters. The molecule has 2 N–H and O–H groups in total. The summed E-state index contributed by atoms with van der Waals surface area (Å²) in [4.78, 5) is 2.41. The first kappa shape index (κ1) is 9.62. The van der Waals surface area contributed by atoms with Crippen molar-refractivity contribution >= 4 is 0 Å². The Hall–Kier alpha value is -0.930. The molecule has 1 aromatic carbocycles. The van der Waals surface area contributed by atoms with Crippen LogP contribution in [0.15, 0.2) is 24.3 Å². The molecule has 14 heavy (non-hydrogen) atoms. The van der Waals surface area contributed by atoms with Crippen molar-refractivity contribution in [2.75, 3.05) is 26.2 Å². The third kappa shape index (κ3) is 2.53. The van der Waals surface area contributed by atoms with E-state index >= 15 is 0 Å². The van der Waals surface area contributed by atoms with Gasteiger partial charge >= 0.3 is 0 Å². The molecule has 0 spiro atoms. The molecule has 1 aliphatic rings. The molecule has 0 aliphatic carbocycles.